The van der Waals surface area contributed by atoms with Crippen molar-refractivity contribution in [2.24, 2.45) is 11.5 Å². The second-order valence-corrected chi connectivity index (χ2v) is 4.08. The molecule has 0 atom stereocenters. The standard InChI is InChI=1S/C9H16O4.2C2H7NO/c10-8(11)6-4-2-1-3-5-7-9(12)13;2*3-1-2-4/h1-7H2,(H,10,11)(H,12,13);2*4H,1-3H2. The maximum Gasteiger partial charge on any atom is 0.303 e. The van der Waals surface area contributed by atoms with Gasteiger partial charge >= 0.3 is 11.9 Å². The maximum absolute atomic E-state index is 10.1. The minimum Gasteiger partial charge on any atom is -0.481 e. The van der Waals surface area contributed by atoms with E-state index in [1.165, 1.54) is 0 Å². The molecule has 0 aromatic rings. The Labute approximate surface area is 125 Å². The molecule has 0 rings (SSSR count). The number of aliphatic carboxylic acids is 2. The molecule has 8 N–H and O–H groups in total. The number of aliphatic hydroxyl groups excluding tert-OH is 2. The first-order valence-electron chi connectivity index (χ1n) is 7.01. The molecule has 0 aliphatic heterocycles. The SMILES string of the molecule is NCCO.NCCO.O=C(O)CCCCCCCC(=O)O. The molecule has 0 saturated carbocycles. The van der Waals surface area contributed by atoms with Crippen molar-refractivity contribution in [3.8, 4) is 0 Å². The lowest BCUT2D eigenvalue weighted by Crippen LogP contribution is -2.02. The van der Waals surface area contributed by atoms with Crippen molar-refractivity contribution in [3.63, 3.8) is 0 Å². The molecule has 128 valence electrons. The van der Waals surface area contributed by atoms with Crippen molar-refractivity contribution in [2.45, 2.75) is 44.9 Å². The second-order valence-electron chi connectivity index (χ2n) is 4.08. The van der Waals surface area contributed by atoms with Crippen LogP contribution in [-0.2, 0) is 9.59 Å². The fourth-order valence-corrected chi connectivity index (χ4v) is 1.08. The van der Waals surface area contributed by atoms with E-state index in [2.05, 4.69) is 0 Å². The highest BCUT2D eigenvalue weighted by molar-refractivity contribution is 5.66. The van der Waals surface area contributed by atoms with Gasteiger partial charge in [-0.3, -0.25) is 9.59 Å². The molecule has 0 heterocycles. The van der Waals surface area contributed by atoms with Crippen molar-refractivity contribution < 1.29 is 30.0 Å². The number of hydrogen-bond donors (Lipinski definition) is 6. The van der Waals surface area contributed by atoms with Crippen LogP contribution >= 0.6 is 0 Å². The fraction of sp³-hybridized carbons (Fsp3) is 0.846. The Morgan fingerprint density at radius 2 is 0.905 bits per heavy atom. The van der Waals surface area contributed by atoms with Gasteiger partial charge in [0.05, 0.1) is 13.2 Å². The van der Waals surface area contributed by atoms with E-state index in [0.717, 1.165) is 19.3 Å². The molecule has 0 unspecified atom stereocenters. The summed E-state index contributed by atoms with van der Waals surface area (Å²) in [5.74, 6) is -1.52. The third-order valence-corrected chi connectivity index (χ3v) is 2.04. The summed E-state index contributed by atoms with van der Waals surface area (Å²) in [7, 11) is 0. The zero-order valence-corrected chi connectivity index (χ0v) is 12.5. The summed E-state index contributed by atoms with van der Waals surface area (Å²) in [4.78, 5) is 20.2. The van der Waals surface area contributed by atoms with E-state index in [1.807, 2.05) is 0 Å². The quantitative estimate of drug-likeness (QED) is 0.300. The van der Waals surface area contributed by atoms with E-state index < -0.39 is 11.9 Å². The van der Waals surface area contributed by atoms with E-state index >= 15 is 0 Å². The summed E-state index contributed by atoms with van der Waals surface area (Å²) in [5, 5.41) is 32.1. The molecular formula is C13H30N2O6. The zero-order valence-electron chi connectivity index (χ0n) is 12.5. The van der Waals surface area contributed by atoms with Crippen LogP contribution in [0.5, 0.6) is 0 Å². The van der Waals surface area contributed by atoms with Crippen LogP contribution in [0.25, 0.3) is 0 Å². The fourth-order valence-electron chi connectivity index (χ4n) is 1.08. The molecule has 0 bridgehead atoms. The first-order chi connectivity index (χ1) is 9.95. The number of carbonyl (C=O) groups is 2. The molecule has 0 spiro atoms. The number of unbranched alkanes of at least 4 members (excludes halogenated alkanes) is 4. The van der Waals surface area contributed by atoms with Crippen LogP contribution in [0.1, 0.15) is 44.9 Å². The normalized spacial score (nSPS) is 8.95. The number of rotatable bonds is 10. The van der Waals surface area contributed by atoms with Gasteiger partial charge in [0, 0.05) is 25.9 Å². The third-order valence-electron chi connectivity index (χ3n) is 2.04. The highest BCUT2D eigenvalue weighted by atomic mass is 16.4. The van der Waals surface area contributed by atoms with Crippen molar-refractivity contribution >= 4 is 11.9 Å². The van der Waals surface area contributed by atoms with E-state index in [9.17, 15) is 9.59 Å². The Morgan fingerprint density at radius 1 is 0.667 bits per heavy atom. The van der Waals surface area contributed by atoms with E-state index in [4.69, 9.17) is 31.9 Å². The number of nitrogens with two attached hydrogens (primary N) is 2. The highest BCUT2D eigenvalue weighted by Crippen LogP contribution is 2.06. The minimum absolute atomic E-state index is 0.0972. The zero-order chi connectivity index (χ0) is 16.9. The molecular weight excluding hydrogens is 280 g/mol. The number of hydrogen-bond acceptors (Lipinski definition) is 6. The Hall–Kier alpha value is -1.22. The van der Waals surface area contributed by atoms with E-state index in [1.54, 1.807) is 0 Å². The molecule has 8 heteroatoms. The second kappa shape index (κ2) is 23.8. The first-order valence-corrected chi connectivity index (χ1v) is 7.01. The monoisotopic (exact) mass is 310 g/mol. The van der Waals surface area contributed by atoms with Crippen LogP contribution in [0, 0.1) is 0 Å². The molecule has 0 aliphatic carbocycles. The van der Waals surface area contributed by atoms with Gasteiger partial charge < -0.3 is 31.9 Å². The van der Waals surface area contributed by atoms with Crippen LogP contribution in [0.2, 0.25) is 0 Å². The van der Waals surface area contributed by atoms with Gasteiger partial charge in [-0.1, -0.05) is 19.3 Å². The smallest absolute Gasteiger partial charge is 0.303 e. The largest absolute Gasteiger partial charge is 0.481 e. The summed E-state index contributed by atoms with van der Waals surface area (Å²) >= 11 is 0. The lowest BCUT2D eigenvalue weighted by molar-refractivity contribution is -0.138. The molecule has 21 heavy (non-hydrogen) atoms. The van der Waals surface area contributed by atoms with Crippen molar-refractivity contribution in [1.29, 1.82) is 0 Å². The van der Waals surface area contributed by atoms with Crippen molar-refractivity contribution in [3.05, 3.63) is 0 Å². The van der Waals surface area contributed by atoms with Crippen molar-refractivity contribution in [1.82, 2.24) is 0 Å². The minimum atomic E-state index is -0.759. The first kappa shape index (κ1) is 24.8. The molecule has 0 aromatic heterocycles. The van der Waals surface area contributed by atoms with E-state index in [0.29, 0.717) is 25.9 Å². The van der Waals surface area contributed by atoms with Crippen LogP contribution in [0.4, 0.5) is 0 Å². The number of aliphatic hydroxyl groups is 2. The number of carboxylic acids is 2. The summed E-state index contributed by atoms with van der Waals surface area (Å²) in [6.45, 7) is 0.944. The lowest BCUT2D eigenvalue weighted by atomic mass is 10.1. The Balaban J connectivity index is -0.000000334. The van der Waals surface area contributed by atoms with E-state index in [-0.39, 0.29) is 26.1 Å². The average molecular weight is 310 g/mol. The Bertz CT molecular complexity index is 201. The van der Waals surface area contributed by atoms with Crippen LogP contribution in [0.3, 0.4) is 0 Å². The predicted octanol–water partition coefficient (Wildman–Crippen LogP) is -0.239. The molecule has 0 saturated heterocycles. The highest BCUT2D eigenvalue weighted by Gasteiger charge is 1.98. The van der Waals surface area contributed by atoms with Gasteiger partial charge in [-0.15, -0.1) is 0 Å². The third kappa shape index (κ3) is 45.5. The molecule has 8 nitrogen and oxygen atoms in total. The van der Waals surface area contributed by atoms with Crippen LogP contribution in [-0.4, -0.2) is 58.7 Å². The Morgan fingerprint density at radius 3 is 1.10 bits per heavy atom. The molecule has 0 amide bonds. The summed E-state index contributed by atoms with van der Waals surface area (Å²) in [5.41, 5.74) is 9.56. The summed E-state index contributed by atoms with van der Waals surface area (Å²) < 4.78 is 0. The van der Waals surface area contributed by atoms with Crippen LogP contribution < -0.4 is 11.5 Å². The maximum atomic E-state index is 10.1. The molecule has 0 radical (unpaired) electrons. The summed E-state index contributed by atoms with van der Waals surface area (Å²) in [6.07, 6.45) is 4.53. The molecule has 0 fully saturated rings. The average Bonchev–Trinajstić information content (AvgIpc) is 2.46. The van der Waals surface area contributed by atoms with Gasteiger partial charge in [0.25, 0.3) is 0 Å². The molecule has 0 aromatic carbocycles. The number of carboxylic acid groups (broad SMARTS) is 2. The lowest BCUT2D eigenvalue weighted by Gasteiger charge is -1.97. The van der Waals surface area contributed by atoms with Crippen LogP contribution in [0.15, 0.2) is 0 Å². The van der Waals surface area contributed by atoms with Gasteiger partial charge in [0.15, 0.2) is 0 Å². The van der Waals surface area contributed by atoms with Gasteiger partial charge in [0.2, 0.25) is 0 Å². The Kier molecular flexibility index (Phi) is 28.1. The summed E-state index contributed by atoms with van der Waals surface area (Å²) in [6, 6.07) is 0. The van der Waals surface area contributed by atoms with Gasteiger partial charge in [-0.05, 0) is 12.8 Å². The molecule has 0 aliphatic rings. The van der Waals surface area contributed by atoms with Gasteiger partial charge in [-0.25, -0.2) is 0 Å². The van der Waals surface area contributed by atoms with Gasteiger partial charge in [0.1, 0.15) is 0 Å². The van der Waals surface area contributed by atoms with Gasteiger partial charge in [-0.2, -0.15) is 0 Å². The van der Waals surface area contributed by atoms with Crippen molar-refractivity contribution in [2.75, 3.05) is 26.3 Å². The predicted molar refractivity (Wildman–Crippen MR) is 79.9 cm³/mol. The topological polar surface area (TPSA) is 167 Å².